The second-order valence-corrected chi connectivity index (χ2v) is 7.03. The van der Waals surface area contributed by atoms with Crippen LogP contribution in [0.25, 0.3) is 5.57 Å². The topological polar surface area (TPSA) is 58.6 Å². The molecule has 0 atom stereocenters. The first kappa shape index (κ1) is 19.7. The number of benzene rings is 3. The largest absolute Gasteiger partial charge is 0.492 e. The van der Waals surface area contributed by atoms with Crippen LogP contribution in [0.4, 0.5) is 11.4 Å². The lowest BCUT2D eigenvalue weighted by atomic mass is 10.0. The average molecular weight is 419 g/mol. The van der Waals surface area contributed by atoms with Gasteiger partial charge in [-0.05, 0) is 48.9 Å². The lowest BCUT2D eigenvalue weighted by Gasteiger charge is -2.16. The van der Waals surface area contributed by atoms with Gasteiger partial charge in [0.25, 0.3) is 11.8 Å². The number of ether oxygens (including phenoxy) is 1. The van der Waals surface area contributed by atoms with E-state index in [2.05, 4.69) is 5.32 Å². The SMILES string of the molecule is CCOc1ccccc1NC1=C(c2ccccc2)C(=O)N(c2ccc(Cl)cc2)C1=O. The van der Waals surface area contributed by atoms with E-state index in [1.165, 1.54) is 0 Å². The summed E-state index contributed by atoms with van der Waals surface area (Å²) in [4.78, 5) is 27.9. The summed E-state index contributed by atoms with van der Waals surface area (Å²) in [5.41, 5.74) is 2.23. The van der Waals surface area contributed by atoms with Crippen LogP contribution in [0.2, 0.25) is 5.02 Å². The summed E-state index contributed by atoms with van der Waals surface area (Å²) < 4.78 is 5.67. The van der Waals surface area contributed by atoms with Crippen LogP contribution in [0.3, 0.4) is 0 Å². The molecular weight excluding hydrogens is 400 g/mol. The number of carbonyl (C=O) groups is 2. The van der Waals surface area contributed by atoms with E-state index >= 15 is 0 Å². The van der Waals surface area contributed by atoms with Gasteiger partial charge in [-0.2, -0.15) is 0 Å². The van der Waals surface area contributed by atoms with E-state index in [0.717, 1.165) is 4.90 Å². The van der Waals surface area contributed by atoms with Gasteiger partial charge in [0.05, 0.1) is 23.6 Å². The van der Waals surface area contributed by atoms with Crippen LogP contribution in [-0.4, -0.2) is 18.4 Å². The minimum Gasteiger partial charge on any atom is -0.492 e. The molecule has 0 aromatic heterocycles. The first-order valence-electron chi connectivity index (χ1n) is 9.53. The molecule has 3 aromatic carbocycles. The van der Waals surface area contributed by atoms with Crippen LogP contribution in [-0.2, 0) is 9.59 Å². The molecule has 0 saturated heterocycles. The first-order valence-corrected chi connectivity index (χ1v) is 9.91. The number of rotatable bonds is 6. The van der Waals surface area contributed by atoms with Crippen molar-refractivity contribution in [1.82, 2.24) is 0 Å². The third kappa shape index (κ3) is 3.67. The third-order valence-electron chi connectivity index (χ3n) is 4.68. The van der Waals surface area contributed by atoms with Crippen molar-refractivity contribution in [1.29, 1.82) is 0 Å². The van der Waals surface area contributed by atoms with E-state index in [1.54, 1.807) is 24.3 Å². The Morgan fingerprint density at radius 2 is 1.53 bits per heavy atom. The molecule has 6 heteroatoms. The second kappa shape index (κ2) is 8.43. The maximum atomic E-state index is 13.4. The lowest BCUT2D eigenvalue weighted by Crippen LogP contribution is -2.32. The summed E-state index contributed by atoms with van der Waals surface area (Å²) in [7, 11) is 0. The summed E-state index contributed by atoms with van der Waals surface area (Å²) in [5.74, 6) is -0.234. The van der Waals surface area contributed by atoms with Gasteiger partial charge in [0, 0.05) is 5.02 Å². The molecule has 0 fully saturated rings. The molecule has 0 aliphatic carbocycles. The molecular formula is C24H19ClN2O3. The fourth-order valence-electron chi connectivity index (χ4n) is 3.33. The first-order chi connectivity index (χ1) is 14.6. The van der Waals surface area contributed by atoms with E-state index in [4.69, 9.17) is 16.3 Å². The van der Waals surface area contributed by atoms with Crippen LogP contribution in [0.5, 0.6) is 5.75 Å². The highest BCUT2D eigenvalue weighted by Crippen LogP contribution is 2.35. The van der Waals surface area contributed by atoms with Gasteiger partial charge in [0.2, 0.25) is 0 Å². The number of nitrogens with zero attached hydrogens (tertiary/aromatic N) is 1. The molecule has 0 spiro atoms. The Morgan fingerprint density at radius 3 is 2.23 bits per heavy atom. The fourth-order valence-corrected chi connectivity index (χ4v) is 3.45. The Bertz CT molecular complexity index is 1120. The van der Waals surface area contributed by atoms with Crippen molar-refractivity contribution in [2.24, 2.45) is 0 Å². The highest BCUT2D eigenvalue weighted by atomic mass is 35.5. The number of carbonyl (C=O) groups excluding carboxylic acids is 2. The number of nitrogens with one attached hydrogen (secondary N) is 1. The highest BCUT2D eigenvalue weighted by Gasteiger charge is 2.40. The number of halogens is 1. The van der Waals surface area contributed by atoms with Crippen LogP contribution in [0, 0.1) is 0 Å². The Morgan fingerprint density at radius 1 is 0.867 bits per heavy atom. The zero-order valence-corrected chi connectivity index (χ0v) is 17.0. The summed E-state index contributed by atoms with van der Waals surface area (Å²) in [5, 5.41) is 3.68. The lowest BCUT2D eigenvalue weighted by molar-refractivity contribution is -0.120. The van der Waals surface area contributed by atoms with Crippen LogP contribution in [0.1, 0.15) is 12.5 Å². The molecule has 3 aromatic rings. The normalized spacial score (nSPS) is 13.7. The predicted octanol–water partition coefficient (Wildman–Crippen LogP) is 5.14. The quantitative estimate of drug-likeness (QED) is 0.563. The van der Waals surface area contributed by atoms with Crippen LogP contribution in [0.15, 0.2) is 84.6 Å². The Labute approximate surface area is 179 Å². The van der Waals surface area contributed by atoms with Gasteiger partial charge < -0.3 is 10.1 Å². The summed E-state index contributed by atoms with van der Waals surface area (Å²) in [6.45, 7) is 2.37. The van der Waals surface area contributed by atoms with Crippen molar-refractivity contribution < 1.29 is 14.3 Å². The zero-order valence-electron chi connectivity index (χ0n) is 16.3. The number of hydrogen-bond donors (Lipinski definition) is 1. The molecule has 0 radical (unpaired) electrons. The van der Waals surface area contributed by atoms with Crippen molar-refractivity contribution in [3.8, 4) is 5.75 Å². The molecule has 150 valence electrons. The van der Waals surface area contributed by atoms with Crippen LogP contribution >= 0.6 is 11.6 Å². The molecule has 4 rings (SSSR count). The Hall–Kier alpha value is -3.57. The van der Waals surface area contributed by atoms with Gasteiger partial charge in [-0.3, -0.25) is 9.59 Å². The van der Waals surface area contributed by atoms with E-state index in [0.29, 0.717) is 39.9 Å². The molecule has 0 saturated carbocycles. The van der Waals surface area contributed by atoms with Gasteiger partial charge >= 0.3 is 0 Å². The van der Waals surface area contributed by atoms with Gasteiger partial charge in [-0.1, -0.05) is 54.1 Å². The number of para-hydroxylation sites is 2. The molecule has 30 heavy (non-hydrogen) atoms. The molecule has 1 aliphatic rings. The van der Waals surface area contributed by atoms with Gasteiger partial charge in [-0.15, -0.1) is 0 Å². The Balaban J connectivity index is 1.81. The maximum Gasteiger partial charge on any atom is 0.282 e. The van der Waals surface area contributed by atoms with Crippen LogP contribution < -0.4 is 15.0 Å². The van der Waals surface area contributed by atoms with Crippen molar-refractivity contribution in [2.75, 3.05) is 16.8 Å². The zero-order chi connectivity index (χ0) is 21.1. The summed E-state index contributed by atoms with van der Waals surface area (Å²) in [6.07, 6.45) is 0. The standard InChI is InChI=1S/C24H19ClN2O3/c1-2-30-20-11-7-6-10-19(20)26-22-21(16-8-4-3-5-9-16)23(28)27(24(22)29)18-14-12-17(25)13-15-18/h3-15,26H,2H2,1H3. The summed E-state index contributed by atoms with van der Waals surface area (Å²) >= 11 is 5.97. The van der Waals surface area contributed by atoms with E-state index in [-0.39, 0.29) is 5.70 Å². The molecule has 2 amide bonds. The monoisotopic (exact) mass is 418 g/mol. The molecule has 0 bridgehead atoms. The fraction of sp³-hybridized carbons (Fsp3) is 0.0833. The number of imide groups is 1. The minimum atomic E-state index is -0.438. The summed E-state index contributed by atoms with van der Waals surface area (Å²) in [6, 6.07) is 23.0. The molecule has 1 heterocycles. The smallest absolute Gasteiger partial charge is 0.282 e. The van der Waals surface area contributed by atoms with Crippen molar-refractivity contribution in [3.63, 3.8) is 0 Å². The molecule has 1 N–H and O–H groups in total. The number of anilines is 2. The molecule has 0 unspecified atom stereocenters. The third-order valence-corrected chi connectivity index (χ3v) is 4.93. The van der Waals surface area contributed by atoms with Crippen molar-refractivity contribution >= 4 is 40.4 Å². The van der Waals surface area contributed by atoms with Gasteiger partial charge in [0.15, 0.2) is 0 Å². The average Bonchev–Trinajstić information content (AvgIpc) is 3.00. The molecule has 5 nitrogen and oxygen atoms in total. The van der Waals surface area contributed by atoms with E-state index < -0.39 is 11.8 Å². The van der Waals surface area contributed by atoms with E-state index in [9.17, 15) is 9.59 Å². The van der Waals surface area contributed by atoms with Crippen molar-refractivity contribution in [2.45, 2.75) is 6.92 Å². The van der Waals surface area contributed by atoms with Crippen molar-refractivity contribution in [3.05, 3.63) is 95.1 Å². The maximum absolute atomic E-state index is 13.4. The molecule has 1 aliphatic heterocycles. The van der Waals surface area contributed by atoms with Gasteiger partial charge in [-0.25, -0.2) is 4.90 Å². The number of hydrogen-bond acceptors (Lipinski definition) is 4. The predicted molar refractivity (Wildman–Crippen MR) is 119 cm³/mol. The van der Waals surface area contributed by atoms with Gasteiger partial charge in [0.1, 0.15) is 11.4 Å². The van der Waals surface area contributed by atoms with E-state index in [1.807, 2.05) is 61.5 Å². The number of amides is 2. The Kier molecular flexibility index (Phi) is 5.55. The minimum absolute atomic E-state index is 0.202. The second-order valence-electron chi connectivity index (χ2n) is 6.59. The highest BCUT2D eigenvalue weighted by molar-refractivity contribution is 6.46.